The van der Waals surface area contributed by atoms with Crippen LogP contribution < -0.4 is 10.5 Å². The third-order valence-corrected chi connectivity index (χ3v) is 3.41. The predicted octanol–water partition coefficient (Wildman–Crippen LogP) is 2.53. The van der Waals surface area contributed by atoms with Gasteiger partial charge in [0, 0.05) is 5.56 Å². The van der Waals surface area contributed by atoms with Crippen LogP contribution in [0.3, 0.4) is 0 Å². The van der Waals surface area contributed by atoms with Gasteiger partial charge in [-0.3, -0.25) is 0 Å². The zero-order valence-corrected chi connectivity index (χ0v) is 12.0. The van der Waals surface area contributed by atoms with Crippen molar-refractivity contribution in [3.8, 4) is 23.2 Å². The molecule has 5 heteroatoms. The number of aromatic nitrogens is 2. The lowest BCUT2D eigenvalue weighted by Gasteiger charge is -2.15. The summed E-state index contributed by atoms with van der Waals surface area (Å²) < 4.78 is 5.40. The van der Waals surface area contributed by atoms with E-state index in [1.165, 1.54) is 6.20 Å². The Morgan fingerprint density at radius 3 is 2.50 bits per heavy atom. The summed E-state index contributed by atoms with van der Waals surface area (Å²) in [6.07, 6.45) is 1.45. The first-order valence-corrected chi connectivity index (χ1v) is 6.17. The van der Waals surface area contributed by atoms with Crippen molar-refractivity contribution in [2.24, 2.45) is 0 Å². The lowest BCUT2D eigenvalue weighted by molar-refractivity contribution is 0.408. The van der Waals surface area contributed by atoms with Gasteiger partial charge in [0.1, 0.15) is 23.2 Å². The van der Waals surface area contributed by atoms with Crippen LogP contribution in [0.2, 0.25) is 0 Å². The molecular formula is C15H16N4O. The van der Waals surface area contributed by atoms with E-state index in [-0.39, 0.29) is 11.4 Å². The molecule has 1 aromatic heterocycles. The molecule has 0 radical (unpaired) electrons. The lowest BCUT2D eigenvalue weighted by atomic mass is 9.98. The Balaban J connectivity index is 2.65. The third kappa shape index (κ3) is 2.16. The van der Waals surface area contributed by atoms with Gasteiger partial charge in [-0.25, -0.2) is 9.97 Å². The first-order valence-electron chi connectivity index (χ1n) is 6.17. The van der Waals surface area contributed by atoms with E-state index in [0.717, 1.165) is 28.0 Å². The molecule has 0 aliphatic carbocycles. The van der Waals surface area contributed by atoms with E-state index in [0.29, 0.717) is 5.82 Å². The van der Waals surface area contributed by atoms with Crippen molar-refractivity contribution in [2.45, 2.75) is 20.8 Å². The summed E-state index contributed by atoms with van der Waals surface area (Å²) in [6, 6.07) is 3.93. The Hall–Kier alpha value is -2.61. The largest absolute Gasteiger partial charge is 0.496 e. The minimum absolute atomic E-state index is 0.197. The maximum absolute atomic E-state index is 8.86. The van der Waals surface area contributed by atoms with Crippen LogP contribution in [-0.2, 0) is 0 Å². The Kier molecular flexibility index (Phi) is 3.57. The molecule has 20 heavy (non-hydrogen) atoms. The Labute approximate surface area is 118 Å². The SMILES string of the molecule is COc1c(C)cc(-c2ncc(C#N)c(N)n2)c(C)c1C. The van der Waals surface area contributed by atoms with Gasteiger partial charge in [-0.1, -0.05) is 0 Å². The number of ether oxygens (including phenoxy) is 1. The number of anilines is 1. The number of benzene rings is 1. The molecule has 0 spiro atoms. The molecule has 0 aliphatic rings. The van der Waals surface area contributed by atoms with Gasteiger partial charge in [-0.05, 0) is 43.5 Å². The quantitative estimate of drug-likeness (QED) is 0.904. The Morgan fingerprint density at radius 2 is 1.95 bits per heavy atom. The van der Waals surface area contributed by atoms with Gasteiger partial charge in [0.05, 0.1) is 13.3 Å². The summed E-state index contributed by atoms with van der Waals surface area (Å²) in [5, 5.41) is 8.86. The average Bonchev–Trinajstić information content (AvgIpc) is 2.43. The first kappa shape index (κ1) is 13.8. The van der Waals surface area contributed by atoms with Gasteiger partial charge in [0.25, 0.3) is 0 Å². The van der Waals surface area contributed by atoms with Crippen LogP contribution in [0, 0.1) is 32.1 Å². The molecule has 102 valence electrons. The van der Waals surface area contributed by atoms with Gasteiger partial charge < -0.3 is 10.5 Å². The van der Waals surface area contributed by atoms with Crippen LogP contribution in [0.4, 0.5) is 5.82 Å². The molecular weight excluding hydrogens is 252 g/mol. The summed E-state index contributed by atoms with van der Waals surface area (Å²) in [7, 11) is 1.66. The van der Waals surface area contributed by atoms with Crippen molar-refractivity contribution in [1.82, 2.24) is 9.97 Å². The van der Waals surface area contributed by atoms with Crippen molar-refractivity contribution in [3.05, 3.63) is 34.5 Å². The number of methoxy groups -OCH3 is 1. The van der Waals surface area contributed by atoms with E-state index < -0.39 is 0 Å². The van der Waals surface area contributed by atoms with Crippen LogP contribution in [0.25, 0.3) is 11.4 Å². The van der Waals surface area contributed by atoms with Gasteiger partial charge in [-0.15, -0.1) is 0 Å². The Morgan fingerprint density at radius 1 is 1.25 bits per heavy atom. The van der Waals surface area contributed by atoms with Crippen LogP contribution in [0.1, 0.15) is 22.3 Å². The Bertz CT molecular complexity index is 717. The van der Waals surface area contributed by atoms with E-state index in [9.17, 15) is 0 Å². The third-order valence-electron chi connectivity index (χ3n) is 3.41. The van der Waals surface area contributed by atoms with Crippen molar-refractivity contribution in [1.29, 1.82) is 5.26 Å². The van der Waals surface area contributed by atoms with E-state index in [4.69, 9.17) is 15.7 Å². The number of nitrogen functional groups attached to an aromatic ring is 1. The van der Waals surface area contributed by atoms with Crippen LogP contribution in [0.15, 0.2) is 12.3 Å². The second-order valence-corrected chi connectivity index (χ2v) is 4.63. The van der Waals surface area contributed by atoms with Crippen molar-refractivity contribution in [3.63, 3.8) is 0 Å². The van der Waals surface area contributed by atoms with Crippen LogP contribution in [0.5, 0.6) is 5.75 Å². The minimum Gasteiger partial charge on any atom is -0.496 e. The van der Waals surface area contributed by atoms with E-state index in [2.05, 4.69) is 9.97 Å². The molecule has 0 aliphatic heterocycles. The molecule has 2 N–H and O–H groups in total. The summed E-state index contributed by atoms with van der Waals surface area (Å²) >= 11 is 0. The van der Waals surface area contributed by atoms with Gasteiger partial charge in [0.15, 0.2) is 5.82 Å². The van der Waals surface area contributed by atoms with Gasteiger partial charge >= 0.3 is 0 Å². The second kappa shape index (κ2) is 5.17. The number of nitrogens with zero attached hydrogens (tertiary/aromatic N) is 3. The zero-order valence-electron chi connectivity index (χ0n) is 12.0. The minimum atomic E-state index is 0.197. The molecule has 0 bridgehead atoms. The average molecular weight is 268 g/mol. The molecule has 1 aromatic carbocycles. The zero-order chi connectivity index (χ0) is 14.9. The molecule has 0 saturated heterocycles. The number of aryl methyl sites for hydroxylation is 1. The fourth-order valence-corrected chi connectivity index (χ4v) is 2.22. The first-order chi connectivity index (χ1) is 9.49. The fourth-order valence-electron chi connectivity index (χ4n) is 2.22. The van der Waals surface area contributed by atoms with Crippen LogP contribution >= 0.6 is 0 Å². The number of hydrogen-bond acceptors (Lipinski definition) is 5. The molecule has 0 fully saturated rings. The number of rotatable bonds is 2. The molecule has 2 aromatic rings. The van der Waals surface area contributed by atoms with E-state index >= 15 is 0 Å². The smallest absolute Gasteiger partial charge is 0.161 e. The standard InChI is InChI=1S/C15H16N4O/c1-8-5-12(9(2)10(3)13(8)20-4)15-18-7-11(6-16)14(17)19-15/h5,7H,1-4H3,(H2,17,18,19). The van der Waals surface area contributed by atoms with Crippen LogP contribution in [-0.4, -0.2) is 17.1 Å². The molecule has 0 saturated carbocycles. The highest BCUT2D eigenvalue weighted by atomic mass is 16.5. The summed E-state index contributed by atoms with van der Waals surface area (Å²) in [5.41, 5.74) is 10.0. The summed E-state index contributed by atoms with van der Waals surface area (Å²) in [6.45, 7) is 5.96. The molecule has 0 amide bonds. The monoisotopic (exact) mass is 268 g/mol. The lowest BCUT2D eigenvalue weighted by Crippen LogP contribution is -2.02. The maximum atomic E-state index is 8.86. The van der Waals surface area contributed by atoms with Gasteiger partial charge in [-0.2, -0.15) is 5.26 Å². The number of nitrogens with two attached hydrogens (primary N) is 1. The highest BCUT2D eigenvalue weighted by molar-refractivity contribution is 5.68. The topological polar surface area (TPSA) is 84.8 Å². The fraction of sp³-hybridized carbons (Fsp3) is 0.267. The summed E-state index contributed by atoms with van der Waals surface area (Å²) in [5.74, 6) is 1.59. The van der Waals surface area contributed by atoms with E-state index in [1.807, 2.05) is 32.9 Å². The molecule has 2 rings (SSSR count). The summed E-state index contributed by atoms with van der Waals surface area (Å²) in [4.78, 5) is 8.44. The van der Waals surface area contributed by atoms with E-state index in [1.54, 1.807) is 7.11 Å². The number of nitriles is 1. The normalized spacial score (nSPS) is 10.2. The maximum Gasteiger partial charge on any atom is 0.161 e. The molecule has 5 nitrogen and oxygen atoms in total. The second-order valence-electron chi connectivity index (χ2n) is 4.63. The van der Waals surface area contributed by atoms with Crippen molar-refractivity contribution >= 4 is 5.82 Å². The van der Waals surface area contributed by atoms with Crippen molar-refractivity contribution < 1.29 is 4.74 Å². The highest BCUT2D eigenvalue weighted by Gasteiger charge is 2.14. The molecule has 0 atom stereocenters. The number of hydrogen-bond donors (Lipinski definition) is 1. The highest BCUT2D eigenvalue weighted by Crippen LogP contribution is 2.33. The van der Waals surface area contributed by atoms with Crippen molar-refractivity contribution in [2.75, 3.05) is 12.8 Å². The molecule has 0 unspecified atom stereocenters. The molecule has 1 heterocycles. The van der Waals surface area contributed by atoms with Gasteiger partial charge in [0.2, 0.25) is 0 Å². The predicted molar refractivity (Wildman–Crippen MR) is 77.4 cm³/mol.